The number of sulfonamides is 1. The molecule has 0 aliphatic heterocycles. The number of aromatic nitrogens is 2. The number of nitrogens with zero attached hydrogens (tertiary/aromatic N) is 2. The maximum atomic E-state index is 11.9. The lowest BCUT2D eigenvalue weighted by Gasteiger charge is -2.03. The minimum Gasteiger partial charge on any atom is -0.307 e. The smallest absolute Gasteiger partial charge is 0.249 e. The third kappa shape index (κ3) is 4.27. The molecule has 1 amide bonds. The van der Waals surface area contributed by atoms with Gasteiger partial charge in [0, 0.05) is 19.2 Å². The van der Waals surface area contributed by atoms with Crippen LogP contribution in [0.5, 0.6) is 0 Å². The third-order valence-corrected chi connectivity index (χ3v) is 4.57. The average molecular weight is 334 g/mol. The van der Waals surface area contributed by atoms with Crippen LogP contribution in [0.15, 0.2) is 41.3 Å². The van der Waals surface area contributed by atoms with Crippen molar-refractivity contribution in [3.8, 4) is 0 Å². The average Bonchev–Trinajstić information content (AvgIpc) is 2.83. The number of hydrogen-bond acceptors (Lipinski definition) is 4. The molecular weight excluding hydrogens is 316 g/mol. The largest absolute Gasteiger partial charge is 0.307 e. The Labute approximate surface area is 135 Å². The molecule has 23 heavy (non-hydrogen) atoms. The van der Waals surface area contributed by atoms with Gasteiger partial charge in [-0.25, -0.2) is 13.1 Å². The summed E-state index contributed by atoms with van der Waals surface area (Å²) >= 11 is 0. The quantitative estimate of drug-likeness (QED) is 0.806. The van der Waals surface area contributed by atoms with Crippen LogP contribution < -0.4 is 10.0 Å². The van der Waals surface area contributed by atoms with Crippen LogP contribution in [0, 0.1) is 6.92 Å². The maximum absolute atomic E-state index is 11.9. The number of carbonyl (C=O) groups excluding carboxylic acids is 1. The number of carbonyl (C=O) groups is 1. The molecule has 7 nitrogen and oxygen atoms in total. The molecule has 2 aromatic rings. The van der Waals surface area contributed by atoms with E-state index in [0.29, 0.717) is 5.82 Å². The molecule has 0 radical (unpaired) electrons. The topological polar surface area (TPSA) is 93.1 Å². The summed E-state index contributed by atoms with van der Waals surface area (Å²) in [4.78, 5) is 12.0. The lowest BCUT2D eigenvalue weighted by Crippen LogP contribution is -2.18. The Bertz CT molecular complexity index is 836. The van der Waals surface area contributed by atoms with Gasteiger partial charge in [-0.05, 0) is 37.7 Å². The molecule has 0 aliphatic rings. The Kier molecular flexibility index (Phi) is 4.97. The summed E-state index contributed by atoms with van der Waals surface area (Å²) in [5.74, 6) is 0.313. The number of anilines is 1. The van der Waals surface area contributed by atoms with Crippen LogP contribution in [0.4, 0.5) is 5.82 Å². The summed E-state index contributed by atoms with van der Waals surface area (Å²) in [5, 5.41) is 6.85. The summed E-state index contributed by atoms with van der Waals surface area (Å²) in [5.41, 5.74) is 1.53. The Hall–Kier alpha value is -2.45. The van der Waals surface area contributed by atoms with E-state index in [9.17, 15) is 13.2 Å². The van der Waals surface area contributed by atoms with Gasteiger partial charge in [0.15, 0.2) is 0 Å². The molecule has 122 valence electrons. The number of amides is 1. The van der Waals surface area contributed by atoms with Gasteiger partial charge in [0.25, 0.3) is 0 Å². The molecule has 0 fully saturated rings. The molecule has 8 heteroatoms. The van der Waals surface area contributed by atoms with Gasteiger partial charge in [0.05, 0.1) is 10.6 Å². The molecule has 0 bridgehead atoms. The highest BCUT2D eigenvalue weighted by Gasteiger charge is 2.10. The van der Waals surface area contributed by atoms with Crippen molar-refractivity contribution in [2.45, 2.75) is 11.8 Å². The van der Waals surface area contributed by atoms with Crippen molar-refractivity contribution in [3.63, 3.8) is 0 Å². The van der Waals surface area contributed by atoms with E-state index in [0.717, 1.165) is 11.3 Å². The molecule has 1 heterocycles. The van der Waals surface area contributed by atoms with Crippen LogP contribution in [0.25, 0.3) is 6.08 Å². The van der Waals surface area contributed by atoms with Gasteiger partial charge in [-0.3, -0.25) is 9.48 Å². The predicted molar refractivity (Wildman–Crippen MR) is 88.3 cm³/mol. The molecule has 0 spiro atoms. The van der Waals surface area contributed by atoms with E-state index in [1.54, 1.807) is 36.0 Å². The van der Waals surface area contributed by atoms with Crippen molar-refractivity contribution in [2.75, 3.05) is 12.4 Å². The van der Waals surface area contributed by atoms with Gasteiger partial charge >= 0.3 is 0 Å². The highest BCUT2D eigenvalue weighted by molar-refractivity contribution is 7.89. The number of rotatable bonds is 5. The van der Waals surface area contributed by atoms with Gasteiger partial charge in [-0.2, -0.15) is 5.10 Å². The molecule has 2 N–H and O–H groups in total. The van der Waals surface area contributed by atoms with E-state index in [4.69, 9.17) is 0 Å². The molecular formula is C15H18N4O3S. The predicted octanol–water partition coefficient (Wildman–Crippen LogP) is 1.29. The van der Waals surface area contributed by atoms with Crippen LogP contribution in [0.3, 0.4) is 0 Å². The standard InChI is InChI=1S/C15H18N4O3S/c1-11-10-14(19(3)18-11)17-15(20)9-6-12-4-7-13(8-5-12)23(21,22)16-2/h4-10,16H,1-3H3,(H,17,20)/b9-6-. The minimum absolute atomic E-state index is 0.173. The lowest BCUT2D eigenvalue weighted by molar-refractivity contribution is -0.111. The SMILES string of the molecule is CNS(=O)(=O)c1ccc(/C=C\C(=O)Nc2cc(C)nn2C)cc1. The number of aryl methyl sites for hydroxylation is 2. The van der Waals surface area contributed by atoms with E-state index < -0.39 is 10.0 Å². The normalized spacial score (nSPS) is 11.8. The van der Waals surface area contributed by atoms with Crippen LogP contribution in [-0.2, 0) is 21.9 Å². The first-order chi connectivity index (χ1) is 10.8. The van der Waals surface area contributed by atoms with Crippen LogP contribution in [0.2, 0.25) is 0 Å². The lowest BCUT2D eigenvalue weighted by atomic mass is 10.2. The highest BCUT2D eigenvalue weighted by Crippen LogP contribution is 2.12. The molecule has 1 aromatic heterocycles. The number of nitrogens with one attached hydrogen (secondary N) is 2. The Morgan fingerprint density at radius 2 is 1.91 bits per heavy atom. The van der Waals surface area contributed by atoms with Crippen LogP contribution >= 0.6 is 0 Å². The first kappa shape index (κ1) is 16.9. The summed E-state index contributed by atoms with van der Waals surface area (Å²) in [7, 11) is -0.354. The molecule has 2 rings (SSSR count). The second-order valence-corrected chi connectivity index (χ2v) is 6.78. The first-order valence-corrected chi connectivity index (χ1v) is 8.33. The van der Waals surface area contributed by atoms with Crippen molar-refractivity contribution in [1.82, 2.24) is 14.5 Å². The van der Waals surface area contributed by atoms with E-state index in [2.05, 4.69) is 15.1 Å². The number of benzene rings is 1. The monoisotopic (exact) mass is 334 g/mol. The van der Waals surface area contributed by atoms with Crippen molar-refractivity contribution >= 4 is 27.8 Å². The number of hydrogen-bond donors (Lipinski definition) is 2. The minimum atomic E-state index is -3.45. The van der Waals surface area contributed by atoms with Crippen LogP contribution in [0.1, 0.15) is 11.3 Å². The molecule has 0 saturated carbocycles. The maximum Gasteiger partial charge on any atom is 0.249 e. The van der Waals surface area contributed by atoms with Crippen molar-refractivity contribution in [3.05, 3.63) is 47.7 Å². The molecule has 1 aromatic carbocycles. The fourth-order valence-electron chi connectivity index (χ4n) is 1.94. The highest BCUT2D eigenvalue weighted by atomic mass is 32.2. The Balaban J connectivity index is 2.05. The zero-order chi connectivity index (χ0) is 17.0. The fourth-order valence-corrected chi connectivity index (χ4v) is 2.67. The molecule has 0 atom stereocenters. The van der Waals surface area contributed by atoms with Crippen molar-refractivity contribution in [2.24, 2.45) is 7.05 Å². The fraction of sp³-hybridized carbons (Fsp3) is 0.200. The van der Waals surface area contributed by atoms with Gasteiger partial charge < -0.3 is 5.32 Å². The van der Waals surface area contributed by atoms with Gasteiger partial charge in [-0.1, -0.05) is 12.1 Å². The van der Waals surface area contributed by atoms with Gasteiger partial charge in [-0.15, -0.1) is 0 Å². The van der Waals surface area contributed by atoms with E-state index in [-0.39, 0.29) is 10.8 Å². The van der Waals surface area contributed by atoms with Gasteiger partial charge in [0.1, 0.15) is 5.82 Å². The van der Waals surface area contributed by atoms with E-state index >= 15 is 0 Å². The van der Waals surface area contributed by atoms with E-state index in [1.807, 2.05) is 6.92 Å². The summed E-state index contributed by atoms with van der Waals surface area (Å²) < 4.78 is 27.1. The molecule has 0 aliphatic carbocycles. The van der Waals surface area contributed by atoms with Crippen LogP contribution in [-0.4, -0.2) is 31.2 Å². The third-order valence-electron chi connectivity index (χ3n) is 3.14. The Morgan fingerprint density at radius 1 is 1.26 bits per heavy atom. The molecule has 0 unspecified atom stereocenters. The Morgan fingerprint density at radius 3 is 2.43 bits per heavy atom. The summed E-state index contributed by atoms with van der Waals surface area (Å²) in [6.45, 7) is 1.84. The second-order valence-electron chi connectivity index (χ2n) is 4.89. The summed E-state index contributed by atoms with van der Waals surface area (Å²) in [6, 6.07) is 7.98. The van der Waals surface area contributed by atoms with Gasteiger partial charge in [0.2, 0.25) is 15.9 Å². The zero-order valence-electron chi connectivity index (χ0n) is 13.1. The first-order valence-electron chi connectivity index (χ1n) is 6.85. The molecule has 0 saturated heterocycles. The van der Waals surface area contributed by atoms with E-state index in [1.165, 1.54) is 25.3 Å². The van der Waals surface area contributed by atoms with Crippen molar-refractivity contribution in [1.29, 1.82) is 0 Å². The summed E-state index contributed by atoms with van der Waals surface area (Å²) in [6.07, 6.45) is 2.98. The second kappa shape index (κ2) is 6.76. The zero-order valence-corrected chi connectivity index (χ0v) is 13.9. The van der Waals surface area contributed by atoms with Crippen molar-refractivity contribution < 1.29 is 13.2 Å².